The minimum absolute atomic E-state index is 0.0941. The van der Waals surface area contributed by atoms with Gasteiger partial charge in [-0.2, -0.15) is 0 Å². The highest BCUT2D eigenvalue weighted by molar-refractivity contribution is 5.84. The first-order valence-electron chi connectivity index (χ1n) is 8.08. The number of nitrogens with zero attached hydrogens (tertiary/aromatic N) is 3. The third-order valence-corrected chi connectivity index (χ3v) is 3.78. The number of hydrogen-bond donors (Lipinski definition) is 2. The van der Waals surface area contributed by atoms with E-state index in [0.29, 0.717) is 0 Å². The second kappa shape index (κ2) is 7.57. The van der Waals surface area contributed by atoms with Crippen LogP contribution in [0, 0.1) is 0 Å². The van der Waals surface area contributed by atoms with E-state index < -0.39 is 0 Å². The van der Waals surface area contributed by atoms with Crippen molar-refractivity contribution < 1.29 is 9.59 Å². The first-order chi connectivity index (χ1) is 12.2. The number of carbonyl (C=O) groups is 2. The second-order valence-electron chi connectivity index (χ2n) is 5.59. The molecule has 0 aliphatic carbocycles. The fourth-order valence-corrected chi connectivity index (χ4v) is 2.63. The van der Waals surface area contributed by atoms with Crippen molar-refractivity contribution in [1.29, 1.82) is 0 Å². The summed E-state index contributed by atoms with van der Waals surface area (Å²) in [7, 11) is 0. The molecule has 128 valence electrons. The number of nitrogens with one attached hydrogen (secondary N) is 2. The molecule has 0 saturated heterocycles. The lowest BCUT2D eigenvalue weighted by atomic mass is 10.2. The van der Waals surface area contributed by atoms with Crippen molar-refractivity contribution in [3.05, 3.63) is 60.2 Å². The molecule has 0 fully saturated rings. The summed E-state index contributed by atoms with van der Waals surface area (Å²) in [5, 5.41) is 0. The molecule has 3 rings (SSSR count). The van der Waals surface area contributed by atoms with Crippen LogP contribution in [-0.2, 0) is 29.0 Å². The zero-order valence-corrected chi connectivity index (χ0v) is 13.9. The van der Waals surface area contributed by atoms with Crippen molar-refractivity contribution >= 4 is 22.8 Å². The number of rotatable bonds is 5. The van der Waals surface area contributed by atoms with Gasteiger partial charge in [0.25, 0.3) is 5.91 Å². The molecule has 0 spiro atoms. The summed E-state index contributed by atoms with van der Waals surface area (Å²) in [5.74, 6) is 0.225. The van der Waals surface area contributed by atoms with E-state index in [1.807, 2.05) is 35.8 Å². The van der Waals surface area contributed by atoms with E-state index in [9.17, 15) is 9.59 Å². The van der Waals surface area contributed by atoms with Crippen LogP contribution in [0.2, 0.25) is 0 Å². The molecule has 3 aromatic rings. The molecule has 0 atom stereocenters. The summed E-state index contributed by atoms with van der Waals surface area (Å²) < 4.78 is 1.86. The molecule has 2 heterocycles. The second-order valence-corrected chi connectivity index (χ2v) is 5.59. The van der Waals surface area contributed by atoms with Gasteiger partial charge in [-0.3, -0.25) is 25.4 Å². The molecule has 25 heavy (non-hydrogen) atoms. The molecule has 7 nitrogen and oxygen atoms in total. The number of hydrazine groups is 1. The Hall–Kier alpha value is -3.22. The van der Waals surface area contributed by atoms with E-state index in [4.69, 9.17) is 0 Å². The Morgan fingerprint density at radius 3 is 2.64 bits per heavy atom. The zero-order chi connectivity index (χ0) is 17.6. The van der Waals surface area contributed by atoms with E-state index >= 15 is 0 Å². The van der Waals surface area contributed by atoms with Crippen molar-refractivity contribution in [2.75, 3.05) is 0 Å². The highest BCUT2D eigenvalue weighted by Gasteiger charge is 2.13. The van der Waals surface area contributed by atoms with Gasteiger partial charge in [-0.05, 0) is 23.8 Å². The molecule has 0 saturated carbocycles. The number of amides is 2. The van der Waals surface area contributed by atoms with Crippen molar-refractivity contribution in [3.8, 4) is 0 Å². The van der Waals surface area contributed by atoms with Crippen LogP contribution in [0.3, 0.4) is 0 Å². The third kappa shape index (κ3) is 4.00. The first kappa shape index (κ1) is 16.6. The van der Waals surface area contributed by atoms with Gasteiger partial charge in [0.15, 0.2) is 0 Å². The maximum atomic E-state index is 12.2. The molecule has 7 heteroatoms. The predicted octanol–water partition coefficient (Wildman–Crippen LogP) is 1.38. The lowest BCUT2D eigenvalue weighted by Gasteiger charge is -2.10. The van der Waals surface area contributed by atoms with Crippen molar-refractivity contribution in [3.63, 3.8) is 0 Å². The Morgan fingerprint density at radius 1 is 1.08 bits per heavy atom. The molecule has 0 unspecified atom stereocenters. The van der Waals surface area contributed by atoms with Gasteiger partial charge in [0, 0.05) is 18.8 Å². The largest absolute Gasteiger partial charge is 0.318 e. The molecule has 0 bridgehead atoms. The van der Waals surface area contributed by atoms with Crippen LogP contribution in [0.15, 0.2) is 48.8 Å². The number of aromatic nitrogens is 3. The molecule has 0 radical (unpaired) electrons. The average Bonchev–Trinajstić information content (AvgIpc) is 2.99. The molecular weight excluding hydrogens is 318 g/mol. The van der Waals surface area contributed by atoms with Crippen LogP contribution in [0.1, 0.15) is 18.3 Å². The summed E-state index contributed by atoms with van der Waals surface area (Å²) >= 11 is 0. The highest BCUT2D eigenvalue weighted by atomic mass is 16.2. The van der Waals surface area contributed by atoms with Crippen molar-refractivity contribution in [2.45, 2.75) is 26.3 Å². The molecule has 0 aliphatic rings. The Balaban J connectivity index is 1.60. The summed E-state index contributed by atoms with van der Waals surface area (Å²) in [6, 6.07) is 11.2. The average molecular weight is 337 g/mol. The molecular formula is C18H19N5O2. The maximum absolute atomic E-state index is 12.2. The number of para-hydroxylation sites is 2. The smallest absolute Gasteiger partial charge is 0.258 e. The number of carbonyl (C=O) groups excluding carboxylic acids is 2. The summed E-state index contributed by atoms with van der Waals surface area (Å²) in [5.41, 5.74) is 7.41. The van der Waals surface area contributed by atoms with Crippen molar-refractivity contribution in [2.24, 2.45) is 0 Å². The number of hydrogen-bond acceptors (Lipinski definition) is 4. The van der Waals surface area contributed by atoms with Crippen LogP contribution in [0.25, 0.3) is 11.0 Å². The topological polar surface area (TPSA) is 88.9 Å². The van der Waals surface area contributed by atoms with Gasteiger partial charge in [-0.15, -0.1) is 0 Å². The number of aryl methyl sites for hydroxylation is 1. The van der Waals surface area contributed by atoms with Crippen LogP contribution in [-0.4, -0.2) is 26.3 Å². The van der Waals surface area contributed by atoms with E-state index in [0.717, 1.165) is 28.8 Å². The quantitative estimate of drug-likeness (QED) is 0.689. The lowest BCUT2D eigenvalue weighted by molar-refractivity contribution is -0.128. The van der Waals surface area contributed by atoms with Gasteiger partial charge in [-0.1, -0.05) is 25.1 Å². The van der Waals surface area contributed by atoms with Gasteiger partial charge < -0.3 is 4.57 Å². The molecule has 2 N–H and O–H groups in total. The van der Waals surface area contributed by atoms with Crippen LogP contribution >= 0.6 is 0 Å². The maximum Gasteiger partial charge on any atom is 0.258 e. The molecule has 1 aromatic carbocycles. The SMILES string of the molecule is CCc1nc2ccccc2n1CC(=O)NNC(=O)Cc1cccnc1. The van der Waals surface area contributed by atoms with Crippen molar-refractivity contribution in [1.82, 2.24) is 25.4 Å². The van der Waals surface area contributed by atoms with Gasteiger partial charge in [0.05, 0.1) is 17.5 Å². The first-order valence-corrected chi connectivity index (χ1v) is 8.08. The number of benzene rings is 1. The molecule has 2 aromatic heterocycles. The van der Waals surface area contributed by atoms with Gasteiger partial charge in [-0.25, -0.2) is 4.98 Å². The van der Waals surface area contributed by atoms with E-state index in [2.05, 4.69) is 20.8 Å². The summed E-state index contributed by atoms with van der Waals surface area (Å²) in [6.45, 7) is 2.09. The fraction of sp³-hybridized carbons (Fsp3) is 0.222. The number of pyridine rings is 1. The van der Waals surface area contributed by atoms with E-state index in [1.165, 1.54) is 0 Å². The fourth-order valence-electron chi connectivity index (χ4n) is 2.63. The Morgan fingerprint density at radius 2 is 1.88 bits per heavy atom. The Labute approximate surface area is 145 Å². The monoisotopic (exact) mass is 337 g/mol. The van der Waals surface area contributed by atoms with Crippen LogP contribution < -0.4 is 10.9 Å². The minimum Gasteiger partial charge on any atom is -0.318 e. The van der Waals surface area contributed by atoms with Crippen LogP contribution in [0.4, 0.5) is 0 Å². The Kier molecular flexibility index (Phi) is 5.03. The van der Waals surface area contributed by atoms with Gasteiger partial charge >= 0.3 is 0 Å². The number of imidazole rings is 1. The molecule has 2 amide bonds. The van der Waals surface area contributed by atoms with Gasteiger partial charge in [0.1, 0.15) is 12.4 Å². The highest BCUT2D eigenvalue weighted by Crippen LogP contribution is 2.16. The normalized spacial score (nSPS) is 10.6. The summed E-state index contributed by atoms with van der Waals surface area (Å²) in [4.78, 5) is 32.6. The predicted molar refractivity (Wildman–Crippen MR) is 93.3 cm³/mol. The lowest BCUT2D eigenvalue weighted by Crippen LogP contribution is -2.44. The van der Waals surface area contributed by atoms with E-state index in [-0.39, 0.29) is 24.8 Å². The van der Waals surface area contributed by atoms with Gasteiger partial charge in [0.2, 0.25) is 5.91 Å². The van der Waals surface area contributed by atoms with E-state index in [1.54, 1.807) is 24.5 Å². The number of fused-ring (bicyclic) bond motifs is 1. The standard InChI is InChI=1S/C18H19N5O2/c1-2-16-20-14-7-3-4-8-15(14)23(16)12-18(25)22-21-17(24)10-13-6-5-9-19-11-13/h3-9,11H,2,10,12H2,1H3,(H,21,24)(H,22,25). The minimum atomic E-state index is -0.308. The zero-order valence-electron chi connectivity index (χ0n) is 13.9. The third-order valence-electron chi connectivity index (χ3n) is 3.78. The van der Waals surface area contributed by atoms with Crippen LogP contribution in [0.5, 0.6) is 0 Å². The molecule has 0 aliphatic heterocycles. The Bertz CT molecular complexity index is 889. The summed E-state index contributed by atoms with van der Waals surface area (Å²) in [6.07, 6.45) is 4.13.